The Morgan fingerprint density at radius 3 is 1.34 bits per heavy atom. The van der Waals surface area contributed by atoms with Crippen molar-refractivity contribution in [1.29, 1.82) is 0 Å². The van der Waals surface area contributed by atoms with Gasteiger partial charge in [-0.3, -0.25) is 4.79 Å². The molecule has 0 fully saturated rings. The zero-order valence-electron chi connectivity index (χ0n) is 21.6. The van der Waals surface area contributed by atoms with Crippen molar-refractivity contribution < 1.29 is 14.6 Å². The molecule has 2 atom stereocenters. The summed E-state index contributed by atoms with van der Waals surface area (Å²) in [5.41, 5.74) is 5.53. The van der Waals surface area contributed by atoms with Crippen molar-refractivity contribution in [3.05, 3.63) is 115 Å². The summed E-state index contributed by atoms with van der Waals surface area (Å²) in [5.74, 6) is -2.03. The van der Waals surface area contributed by atoms with E-state index in [1.807, 2.05) is 64.1 Å². The van der Waals surface area contributed by atoms with Crippen LogP contribution in [0.1, 0.15) is 45.2 Å². The van der Waals surface area contributed by atoms with Gasteiger partial charge >= 0.3 is 11.6 Å². The van der Waals surface area contributed by atoms with Gasteiger partial charge in [0, 0.05) is 13.1 Å². The smallest absolute Gasteiger partial charge is 0.358 e. The van der Waals surface area contributed by atoms with E-state index in [4.69, 9.17) is 0 Å². The van der Waals surface area contributed by atoms with Gasteiger partial charge in [-0.25, -0.2) is 0 Å². The number of hydrogen-bond donors (Lipinski definition) is 0. The first-order valence-electron chi connectivity index (χ1n) is 12.0. The van der Waals surface area contributed by atoms with Gasteiger partial charge in [0.1, 0.15) is 12.4 Å². The van der Waals surface area contributed by atoms with Crippen LogP contribution in [0.25, 0.3) is 0 Å². The van der Waals surface area contributed by atoms with Crippen LogP contribution >= 0.6 is 0 Å². The molecule has 2 unspecified atom stereocenters. The SMILES string of the molecule is Cc1cc(C)cc(C(Cn2cnc([N+](=O)[O-])c2)C(=O)C(Cn2cnc([N+](=O)[O-])c2)c2cc(C)cc(C)c2)c1. The summed E-state index contributed by atoms with van der Waals surface area (Å²) in [6.45, 7) is 8.10. The van der Waals surface area contributed by atoms with E-state index in [1.54, 1.807) is 9.13 Å². The number of benzene rings is 2. The summed E-state index contributed by atoms with van der Waals surface area (Å²) >= 11 is 0. The molecule has 0 amide bonds. The van der Waals surface area contributed by atoms with Crippen molar-refractivity contribution in [2.75, 3.05) is 0 Å². The standard InChI is InChI=1S/C27H28N6O5/c1-17-5-18(2)8-21(7-17)23(11-30-13-25(28-15-30)32(35)36)27(34)24(22-9-19(3)6-20(4)10-22)12-31-14-26(29-16-31)33(37)38/h5-10,13-16,23-24H,11-12H2,1-4H3. The number of aryl methyl sites for hydroxylation is 4. The maximum absolute atomic E-state index is 14.4. The molecule has 11 heteroatoms. The highest BCUT2D eigenvalue weighted by Gasteiger charge is 2.32. The Morgan fingerprint density at radius 1 is 0.711 bits per heavy atom. The van der Waals surface area contributed by atoms with Gasteiger partial charge < -0.3 is 29.4 Å². The van der Waals surface area contributed by atoms with Gasteiger partial charge in [0.05, 0.1) is 11.8 Å². The molecule has 0 spiro atoms. The first kappa shape index (κ1) is 26.4. The molecular formula is C27H28N6O5. The summed E-state index contributed by atoms with van der Waals surface area (Å²) in [6, 6.07) is 11.8. The normalized spacial score (nSPS) is 12.7. The van der Waals surface area contributed by atoms with Crippen LogP contribution in [0.4, 0.5) is 11.6 Å². The molecule has 0 saturated carbocycles. The van der Waals surface area contributed by atoms with Crippen molar-refractivity contribution in [2.24, 2.45) is 0 Å². The highest BCUT2D eigenvalue weighted by atomic mass is 16.6. The van der Waals surface area contributed by atoms with E-state index in [0.717, 1.165) is 33.4 Å². The fourth-order valence-electron chi connectivity index (χ4n) is 4.89. The van der Waals surface area contributed by atoms with Gasteiger partial charge in [-0.2, -0.15) is 0 Å². The molecule has 2 aromatic heterocycles. The number of Topliss-reactive ketones (excluding diaryl/α,β-unsaturated/α-hetero) is 1. The van der Waals surface area contributed by atoms with Gasteiger partial charge in [0.25, 0.3) is 0 Å². The molecular weight excluding hydrogens is 488 g/mol. The average molecular weight is 517 g/mol. The molecule has 2 heterocycles. The van der Waals surface area contributed by atoms with Crippen LogP contribution in [-0.2, 0) is 17.9 Å². The Balaban J connectivity index is 1.81. The van der Waals surface area contributed by atoms with Crippen LogP contribution in [0.5, 0.6) is 0 Å². The minimum absolute atomic E-state index is 0.118. The lowest BCUT2D eigenvalue weighted by molar-refractivity contribution is -0.389. The molecule has 0 aliphatic heterocycles. The Hall–Kier alpha value is -4.67. The lowest BCUT2D eigenvalue weighted by Gasteiger charge is -2.25. The topological polar surface area (TPSA) is 139 Å². The van der Waals surface area contributed by atoms with Crippen LogP contribution in [0.15, 0.2) is 61.4 Å². The van der Waals surface area contributed by atoms with Crippen LogP contribution in [0, 0.1) is 47.9 Å². The molecule has 0 radical (unpaired) electrons. The van der Waals surface area contributed by atoms with Crippen molar-refractivity contribution in [3.63, 3.8) is 0 Å². The Kier molecular flexibility index (Phi) is 7.47. The highest BCUT2D eigenvalue weighted by Crippen LogP contribution is 2.32. The molecule has 11 nitrogen and oxygen atoms in total. The lowest BCUT2D eigenvalue weighted by atomic mass is 9.81. The number of carbonyl (C=O) groups is 1. The third-order valence-corrected chi connectivity index (χ3v) is 6.38. The van der Waals surface area contributed by atoms with Crippen molar-refractivity contribution in [3.8, 4) is 0 Å². The van der Waals surface area contributed by atoms with E-state index in [9.17, 15) is 25.0 Å². The Bertz CT molecular complexity index is 1370. The number of ketones is 1. The predicted molar refractivity (Wildman–Crippen MR) is 140 cm³/mol. The maximum atomic E-state index is 14.4. The summed E-state index contributed by atoms with van der Waals surface area (Å²) < 4.78 is 3.11. The zero-order chi connectivity index (χ0) is 27.6. The number of nitrogens with zero attached hydrogens (tertiary/aromatic N) is 6. The van der Waals surface area contributed by atoms with Crippen molar-refractivity contribution in [1.82, 2.24) is 19.1 Å². The fraction of sp³-hybridized carbons (Fsp3) is 0.296. The zero-order valence-corrected chi connectivity index (χ0v) is 21.6. The lowest BCUT2D eigenvalue weighted by Crippen LogP contribution is -2.27. The molecule has 38 heavy (non-hydrogen) atoms. The van der Waals surface area contributed by atoms with Gasteiger partial charge in [-0.05, 0) is 58.6 Å². The largest absolute Gasteiger partial charge is 0.381 e. The van der Waals surface area contributed by atoms with E-state index in [2.05, 4.69) is 9.97 Å². The first-order valence-corrected chi connectivity index (χ1v) is 12.0. The Labute approximate surface area is 219 Å². The fourth-order valence-corrected chi connectivity index (χ4v) is 4.89. The molecule has 0 aliphatic carbocycles. The van der Waals surface area contributed by atoms with Crippen LogP contribution in [-0.4, -0.2) is 34.7 Å². The van der Waals surface area contributed by atoms with E-state index in [0.29, 0.717) is 0 Å². The predicted octanol–water partition coefficient (Wildman–Crippen LogP) is 4.97. The third-order valence-electron chi connectivity index (χ3n) is 6.38. The number of carbonyl (C=O) groups excluding carboxylic acids is 1. The van der Waals surface area contributed by atoms with Crippen molar-refractivity contribution >= 4 is 17.4 Å². The Morgan fingerprint density at radius 2 is 1.05 bits per heavy atom. The molecule has 196 valence electrons. The molecule has 0 N–H and O–H groups in total. The third kappa shape index (κ3) is 6.00. The molecule has 0 aliphatic rings. The molecule has 2 aromatic carbocycles. The number of aromatic nitrogens is 4. The molecule has 0 saturated heterocycles. The molecule has 4 rings (SSSR count). The van der Waals surface area contributed by atoms with Crippen molar-refractivity contribution in [2.45, 2.75) is 52.6 Å². The van der Waals surface area contributed by atoms with E-state index in [-0.39, 0.29) is 30.5 Å². The highest BCUT2D eigenvalue weighted by molar-refractivity contribution is 5.92. The second-order valence-corrected chi connectivity index (χ2v) is 9.72. The number of hydrogen-bond acceptors (Lipinski definition) is 7. The monoisotopic (exact) mass is 516 g/mol. The van der Waals surface area contributed by atoms with E-state index >= 15 is 0 Å². The molecule has 0 bridgehead atoms. The van der Waals surface area contributed by atoms with Gasteiger partial charge in [0.2, 0.25) is 12.7 Å². The number of rotatable bonds is 10. The summed E-state index contributed by atoms with van der Waals surface area (Å²) in [4.78, 5) is 43.4. The van der Waals surface area contributed by atoms with Crippen LogP contribution < -0.4 is 0 Å². The van der Waals surface area contributed by atoms with Gasteiger partial charge in [-0.1, -0.05) is 58.7 Å². The van der Waals surface area contributed by atoms with E-state index in [1.165, 1.54) is 25.0 Å². The minimum atomic E-state index is -0.660. The second-order valence-electron chi connectivity index (χ2n) is 9.72. The van der Waals surface area contributed by atoms with Crippen LogP contribution in [0.2, 0.25) is 0 Å². The minimum Gasteiger partial charge on any atom is -0.358 e. The number of nitro groups is 2. The average Bonchev–Trinajstić information content (AvgIpc) is 3.49. The quantitative estimate of drug-likeness (QED) is 0.214. The second kappa shape index (κ2) is 10.8. The summed E-state index contributed by atoms with van der Waals surface area (Å²) in [7, 11) is 0. The van der Waals surface area contributed by atoms with Crippen LogP contribution in [0.3, 0.4) is 0 Å². The first-order chi connectivity index (χ1) is 18.0. The molecule has 4 aromatic rings. The van der Waals surface area contributed by atoms with Gasteiger partial charge in [0.15, 0.2) is 5.78 Å². The summed E-state index contributed by atoms with van der Waals surface area (Å²) in [6.07, 6.45) is 5.33. The van der Waals surface area contributed by atoms with Gasteiger partial charge in [-0.15, -0.1) is 0 Å². The maximum Gasteiger partial charge on any atom is 0.381 e. The number of imidazole rings is 2. The summed E-state index contributed by atoms with van der Waals surface area (Å²) in [5, 5.41) is 22.4. The van der Waals surface area contributed by atoms with E-state index < -0.39 is 21.7 Å².